The van der Waals surface area contributed by atoms with Gasteiger partial charge in [0.25, 0.3) is 5.69 Å². The first kappa shape index (κ1) is 17.4. The quantitative estimate of drug-likeness (QED) is 0.441. The molecule has 0 saturated carbocycles. The van der Waals surface area contributed by atoms with E-state index in [2.05, 4.69) is 15.6 Å². The average Bonchev–Trinajstić information content (AvgIpc) is 2.60. The first-order valence-electron chi connectivity index (χ1n) is 7.74. The highest BCUT2D eigenvalue weighted by Crippen LogP contribution is 2.15. The fraction of sp³-hybridized carbons (Fsp3) is 0.294. The molecule has 0 fully saturated rings. The fourth-order valence-corrected chi connectivity index (χ4v) is 2.21. The number of carbonyl (C=O) groups excluding carboxylic acids is 1. The van der Waals surface area contributed by atoms with Crippen LogP contribution in [0.1, 0.15) is 31.4 Å². The molecule has 0 aliphatic heterocycles. The van der Waals surface area contributed by atoms with E-state index in [0.29, 0.717) is 19.4 Å². The molecule has 1 amide bonds. The van der Waals surface area contributed by atoms with E-state index in [-0.39, 0.29) is 17.6 Å². The summed E-state index contributed by atoms with van der Waals surface area (Å²) in [6, 6.07) is 9.90. The molecule has 24 heavy (non-hydrogen) atoms. The van der Waals surface area contributed by atoms with E-state index in [1.807, 2.05) is 19.1 Å². The number of nitro groups is 1. The van der Waals surface area contributed by atoms with Crippen LogP contribution in [0.2, 0.25) is 0 Å². The van der Waals surface area contributed by atoms with E-state index in [1.165, 1.54) is 12.1 Å². The third-order valence-electron chi connectivity index (χ3n) is 3.55. The molecular weight excluding hydrogens is 308 g/mol. The van der Waals surface area contributed by atoms with Crippen molar-refractivity contribution >= 4 is 17.3 Å². The second-order valence-electron chi connectivity index (χ2n) is 5.41. The number of hydrogen-bond acceptors (Lipinski definition) is 5. The van der Waals surface area contributed by atoms with Crippen molar-refractivity contribution in [3.63, 3.8) is 0 Å². The van der Waals surface area contributed by atoms with Crippen LogP contribution >= 0.6 is 0 Å². The lowest BCUT2D eigenvalue weighted by Crippen LogP contribution is -2.26. The number of hydrogen-bond donors (Lipinski definition) is 2. The molecule has 7 nitrogen and oxygen atoms in total. The topological polar surface area (TPSA) is 97.2 Å². The van der Waals surface area contributed by atoms with Crippen LogP contribution in [0.15, 0.2) is 48.8 Å². The van der Waals surface area contributed by atoms with Crippen LogP contribution in [0.4, 0.5) is 11.4 Å². The molecule has 2 aromatic rings. The van der Waals surface area contributed by atoms with Gasteiger partial charge in [-0.2, -0.15) is 0 Å². The average molecular weight is 328 g/mol. The second-order valence-corrected chi connectivity index (χ2v) is 5.41. The summed E-state index contributed by atoms with van der Waals surface area (Å²) >= 11 is 0. The van der Waals surface area contributed by atoms with Crippen molar-refractivity contribution in [2.75, 3.05) is 11.9 Å². The first-order valence-corrected chi connectivity index (χ1v) is 7.74. The summed E-state index contributed by atoms with van der Waals surface area (Å²) in [6.07, 6.45) is 4.51. The Morgan fingerprint density at radius 1 is 1.29 bits per heavy atom. The van der Waals surface area contributed by atoms with Gasteiger partial charge >= 0.3 is 0 Å². The number of benzene rings is 1. The zero-order valence-electron chi connectivity index (χ0n) is 13.4. The normalized spacial score (nSPS) is 11.5. The largest absolute Gasteiger partial charge is 0.385 e. The third kappa shape index (κ3) is 5.35. The van der Waals surface area contributed by atoms with Crippen LogP contribution in [0, 0.1) is 10.1 Å². The molecule has 1 atom stereocenters. The number of carbonyl (C=O) groups is 1. The van der Waals surface area contributed by atoms with Gasteiger partial charge in [-0.25, -0.2) is 0 Å². The predicted molar refractivity (Wildman–Crippen MR) is 91.6 cm³/mol. The number of rotatable bonds is 8. The summed E-state index contributed by atoms with van der Waals surface area (Å²) in [5.41, 5.74) is 1.82. The van der Waals surface area contributed by atoms with Crippen molar-refractivity contribution in [3.8, 4) is 0 Å². The molecule has 1 aromatic carbocycles. The van der Waals surface area contributed by atoms with Crippen molar-refractivity contribution in [2.45, 2.75) is 25.8 Å². The molecule has 0 aliphatic carbocycles. The number of anilines is 1. The van der Waals surface area contributed by atoms with Crippen LogP contribution in [0.5, 0.6) is 0 Å². The van der Waals surface area contributed by atoms with Crippen molar-refractivity contribution in [3.05, 3.63) is 64.5 Å². The van der Waals surface area contributed by atoms with Crippen LogP contribution in [-0.4, -0.2) is 22.4 Å². The Morgan fingerprint density at radius 2 is 2.04 bits per heavy atom. The summed E-state index contributed by atoms with van der Waals surface area (Å²) in [7, 11) is 0. The van der Waals surface area contributed by atoms with Crippen molar-refractivity contribution in [1.82, 2.24) is 10.3 Å². The third-order valence-corrected chi connectivity index (χ3v) is 3.55. The van der Waals surface area contributed by atoms with Gasteiger partial charge in [0.1, 0.15) is 0 Å². The molecule has 7 heteroatoms. The van der Waals surface area contributed by atoms with Crippen LogP contribution < -0.4 is 10.6 Å². The molecule has 1 unspecified atom stereocenters. The number of aromatic nitrogens is 1. The highest BCUT2D eigenvalue weighted by atomic mass is 16.6. The second kappa shape index (κ2) is 8.61. The standard InChI is InChI=1S/C17H20N4O3/c1-13(14-4-2-10-18-12-14)20-17(22)5-3-11-19-15-6-8-16(9-7-15)21(23)24/h2,4,6-10,12-13,19H,3,5,11H2,1H3,(H,20,22). The predicted octanol–water partition coefficient (Wildman–Crippen LogP) is 3.06. The number of nitrogens with zero attached hydrogens (tertiary/aromatic N) is 2. The first-order chi connectivity index (χ1) is 11.6. The number of pyridine rings is 1. The molecule has 2 rings (SSSR count). The molecule has 126 valence electrons. The molecule has 0 spiro atoms. The van der Waals surface area contributed by atoms with Gasteiger partial charge in [-0.1, -0.05) is 6.07 Å². The summed E-state index contributed by atoms with van der Waals surface area (Å²) < 4.78 is 0. The van der Waals surface area contributed by atoms with E-state index in [9.17, 15) is 14.9 Å². The Balaban J connectivity index is 1.68. The number of nitrogens with one attached hydrogen (secondary N) is 2. The Kier molecular flexibility index (Phi) is 6.24. The Bertz CT molecular complexity index is 674. The zero-order valence-corrected chi connectivity index (χ0v) is 13.4. The minimum Gasteiger partial charge on any atom is -0.385 e. The Morgan fingerprint density at radius 3 is 2.67 bits per heavy atom. The molecule has 0 saturated heterocycles. The van der Waals surface area contributed by atoms with Crippen LogP contribution in [0.3, 0.4) is 0 Å². The van der Waals surface area contributed by atoms with E-state index in [4.69, 9.17) is 0 Å². The summed E-state index contributed by atoms with van der Waals surface area (Å²) in [5.74, 6) is -0.0168. The SMILES string of the molecule is CC(NC(=O)CCCNc1ccc([N+](=O)[O-])cc1)c1cccnc1. The maximum Gasteiger partial charge on any atom is 0.269 e. The molecule has 0 radical (unpaired) electrons. The highest BCUT2D eigenvalue weighted by molar-refractivity contribution is 5.76. The van der Waals surface area contributed by atoms with Gasteiger partial charge in [-0.05, 0) is 37.1 Å². The molecule has 1 aromatic heterocycles. The molecule has 2 N–H and O–H groups in total. The Labute approximate surface area is 140 Å². The van der Waals surface area contributed by atoms with E-state index in [1.54, 1.807) is 24.5 Å². The summed E-state index contributed by atoms with van der Waals surface area (Å²) in [5, 5.41) is 16.6. The molecule has 0 bridgehead atoms. The minimum atomic E-state index is -0.433. The molecular formula is C17H20N4O3. The fourth-order valence-electron chi connectivity index (χ4n) is 2.21. The van der Waals surface area contributed by atoms with Gasteiger partial charge in [0.2, 0.25) is 5.91 Å². The van der Waals surface area contributed by atoms with Gasteiger partial charge in [-0.3, -0.25) is 19.9 Å². The maximum atomic E-state index is 11.9. The van der Waals surface area contributed by atoms with Gasteiger partial charge in [-0.15, -0.1) is 0 Å². The number of non-ortho nitro benzene ring substituents is 1. The van der Waals surface area contributed by atoms with Gasteiger partial charge < -0.3 is 10.6 Å². The van der Waals surface area contributed by atoms with E-state index >= 15 is 0 Å². The van der Waals surface area contributed by atoms with Gasteiger partial charge in [0.15, 0.2) is 0 Å². The maximum absolute atomic E-state index is 11.9. The summed E-state index contributed by atoms with van der Waals surface area (Å²) in [6.45, 7) is 2.54. The lowest BCUT2D eigenvalue weighted by atomic mass is 10.1. The number of amides is 1. The molecule has 0 aliphatic rings. The van der Waals surface area contributed by atoms with Crippen LogP contribution in [0.25, 0.3) is 0 Å². The Hall–Kier alpha value is -2.96. The van der Waals surface area contributed by atoms with E-state index in [0.717, 1.165) is 11.3 Å². The van der Waals surface area contributed by atoms with Crippen molar-refractivity contribution < 1.29 is 9.72 Å². The highest BCUT2D eigenvalue weighted by Gasteiger charge is 2.09. The lowest BCUT2D eigenvalue weighted by Gasteiger charge is -2.14. The monoisotopic (exact) mass is 328 g/mol. The van der Waals surface area contributed by atoms with Crippen LogP contribution in [-0.2, 0) is 4.79 Å². The molecule has 1 heterocycles. The van der Waals surface area contributed by atoms with Gasteiger partial charge in [0.05, 0.1) is 11.0 Å². The minimum absolute atomic E-state index is 0.0168. The van der Waals surface area contributed by atoms with Crippen molar-refractivity contribution in [1.29, 1.82) is 0 Å². The summed E-state index contributed by atoms with van der Waals surface area (Å²) in [4.78, 5) is 26.1. The number of nitro benzene ring substituents is 1. The van der Waals surface area contributed by atoms with Gasteiger partial charge in [0, 0.05) is 43.2 Å². The lowest BCUT2D eigenvalue weighted by molar-refractivity contribution is -0.384. The van der Waals surface area contributed by atoms with E-state index < -0.39 is 4.92 Å². The van der Waals surface area contributed by atoms with Crippen molar-refractivity contribution in [2.24, 2.45) is 0 Å². The smallest absolute Gasteiger partial charge is 0.269 e. The zero-order chi connectivity index (χ0) is 17.4.